The fourth-order valence-corrected chi connectivity index (χ4v) is 8.95. The van der Waals surface area contributed by atoms with Crippen molar-refractivity contribution >= 4 is 11.4 Å². The molecule has 0 amide bonds. The van der Waals surface area contributed by atoms with Crippen LogP contribution in [-0.4, -0.2) is 24.4 Å². The fraction of sp³-hybridized carbons (Fsp3) is 0.185. The van der Waals surface area contributed by atoms with Gasteiger partial charge in [0.15, 0.2) is 0 Å². The number of methoxy groups -OCH3 is 2. The lowest BCUT2D eigenvalue weighted by atomic mass is 9.89. The van der Waals surface area contributed by atoms with Crippen molar-refractivity contribution in [3.63, 3.8) is 0 Å². The molecule has 0 saturated heterocycles. The Kier molecular flexibility index (Phi) is 11.0. The Morgan fingerprint density at radius 2 is 0.767 bits per heavy atom. The summed E-state index contributed by atoms with van der Waals surface area (Å²) in [6.07, 6.45) is 19.0. The number of benzene rings is 6. The molecule has 60 heavy (non-hydrogen) atoms. The maximum Gasteiger partial charge on any atom is 0.125 e. The molecule has 0 fully saturated rings. The zero-order chi connectivity index (χ0) is 41.0. The van der Waals surface area contributed by atoms with E-state index in [4.69, 9.17) is 9.47 Å². The number of fused-ring (bicyclic) bond motifs is 8. The van der Waals surface area contributed by atoms with E-state index >= 15 is 0 Å². The van der Waals surface area contributed by atoms with Crippen molar-refractivity contribution in [2.24, 2.45) is 0 Å². The van der Waals surface area contributed by atoms with Crippen molar-refractivity contribution in [3.05, 3.63) is 225 Å². The maximum absolute atomic E-state index is 12.0. The Labute approximate surface area is 352 Å². The van der Waals surface area contributed by atoms with Gasteiger partial charge in [-0.3, -0.25) is 0 Å². The largest absolute Gasteiger partial charge is 0.507 e. The minimum Gasteiger partial charge on any atom is -0.507 e. The van der Waals surface area contributed by atoms with Gasteiger partial charge in [-0.05, 0) is 115 Å². The van der Waals surface area contributed by atoms with Gasteiger partial charge in [0.2, 0.25) is 0 Å². The van der Waals surface area contributed by atoms with Crippen molar-refractivity contribution in [1.29, 1.82) is 0 Å². The molecular formula is C54H50N2O4. The molecule has 0 heterocycles. The molecule has 0 radical (unpaired) electrons. The summed E-state index contributed by atoms with van der Waals surface area (Å²) in [6.45, 7) is 1.17. The Morgan fingerprint density at radius 1 is 0.450 bits per heavy atom. The van der Waals surface area contributed by atoms with Gasteiger partial charge in [-0.25, -0.2) is 0 Å². The molecular weight excluding hydrogens is 741 g/mol. The number of nitrogens with one attached hydrogen (secondary N) is 2. The normalized spacial score (nSPS) is 14.4. The van der Waals surface area contributed by atoms with Crippen molar-refractivity contribution in [2.75, 3.05) is 24.9 Å². The number of anilines is 2. The van der Waals surface area contributed by atoms with Gasteiger partial charge in [0, 0.05) is 62.0 Å². The number of hydrogen-bond acceptors (Lipinski definition) is 6. The van der Waals surface area contributed by atoms with E-state index in [-0.39, 0.29) is 11.5 Å². The van der Waals surface area contributed by atoms with Gasteiger partial charge in [-0.15, -0.1) is 0 Å². The Morgan fingerprint density at radius 3 is 1.07 bits per heavy atom. The number of allylic oxidation sites excluding steroid dienone is 8. The van der Waals surface area contributed by atoms with Crippen LogP contribution in [0.15, 0.2) is 158 Å². The van der Waals surface area contributed by atoms with Crippen LogP contribution in [0.2, 0.25) is 0 Å². The Balaban J connectivity index is 1.06. The standard InChI is InChI=1S/C54H50N2O4/c1-59-53-41-13-7-14-42(53)30-46-26-36(34-56-50-23-19-40(20-24-50)38-11-5-6-12-38)28-48(52(46)58)32-44-16-8-15-43(54(44)60-2)31-47-27-35(25-45(29-41)51(47)57)33-55-49-21-17-39(18-22-49)37-9-3-4-10-37/h3-28,37-38,55-58H,29-34H2,1-2H3. The van der Waals surface area contributed by atoms with Gasteiger partial charge in [-0.1, -0.05) is 109 Å². The third kappa shape index (κ3) is 8.19. The van der Waals surface area contributed by atoms with Crippen molar-refractivity contribution in [3.8, 4) is 23.0 Å². The van der Waals surface area contributed by atoms with Crippen LogP contribution in [0.25, 0.3) is 0 Å². The summed E-state index contributed by atoms with van der Waals surface area (Å²) < 4.78 is 12.3. The highest BCUT2D eigenvalue weighted by molar-refractivity contribution is 5.58. The fourth-order valence-electron chi connectivity index (χ4n) is 8.95. The zero-order valence-electron chi connectivity index (χ0n) is 34.1. The molecule has 6 aromatic carbocycles. The van der Waals surface area contributed by atoms with Gasteiger partial charge < -0.3 is 30.3 Å². The van der Waals surface area contributed by atoms with Crippen LogP contribution in [0.4, 0.5) is 11.4 Å². The molecule has 3 aliphatic rings. The van der Waals surface area contributed by atoms with Gasteiger partial charge in [-0.2, -0.15) is 0 Å². The molecule has 3 aliphatic carbocycles. The summed E-state index contributed by atoms with van der Waals surface area (Å²) >= 11 is 0. The highest BCUT2D eigenvalue weighted by Crippen LogP contribution is 2.39. The van der Waals surface area contributed by atoms with Gasteiger partial charge in [0.05, 0.1) is 14.2 Å². The summed E-state index contributed by atoms with van der Waals surface area (Å²) in [5, 5.41) is 31.2. The van der Waals surface area contributed by atoms with Crippen LogP contribution in [0.3, 0.4) is 0 Å². The SMILES string of the molecule is COc1c2cccc1Cc1cc(CNc3ccc(C4C=CC=C4)cc3)cc(c1O)Cc1cccc(c1OC)Cc1cc(CNc3ccc(C4C=CC=C4)cc3)cc(c1O)C2. The Hall–Kier alpha value is -6.92. The molecule has 0 aliphatic heterocycles. The van der Waals surface area contributed by atoms with E-state index in [0.717, 1.165) is 78.5 Å². The quantitative estimate of drug-likeness (QED) is 0.110. The maximum atomic E-state index is 12.0. The first-order chi connectivity index (χ1) is 29.4. The highest BCUT2D eigenvalue weighted by Gasteiger charge is 2.21. The number of phenols is 2. The van der Waals surface area contributed by atoms with Crippen molar-refractivity contribution in [2.45, 2.75) is 50.6 Å². The van der Waals surface area contributed by atoms with E-state index in [1.54, 1.807) is 14.2 Å². The summed E-state index contributed by atoms with van der Waals surface area (Å²) in [6, 6.07) is 38.0. The third-order valence-corrected chi connectivity index (χ3v) is 12.0. The van der Waals surface area contributed by atoms with Crippen LogP contribution in [0, 0.1) is 0 Å². The molecule has 6 nitrogen and oxygen atoms in total. The molecule has 0 atom stereocenters. The van der Waals surface area contributed by atoms with Gasteiger partial charge >= 0.3 is 0 Å². The van der Waals surface area contributed by atoms with E-state index in [1.165, 1.54) is 11.1 Å². The second-order valence-corrected chi connectivity index (χ2v) is 16.0. The predicted molar refractivity (Wildman–Crippen MR) is 243 cm³/mol. The number of ether oxygens (including phenoxy) is 2. The molecule has 4 N–H and O–H groups in total. The van der Waals surface area contributed by atoms with Crippen molar-refractivity contribution < 1.29 is 19.7 Å². The first kappa shape index (κ1) is 38.6. The smallest absolute Gasteiger partial charge is 0.125 e. The molecule has 6 aromatic rings. The molecule has 0 unspecified atom stereocenters. The zero-order valence-corrected chi connectivity index (χ0v) is 34.1. The summed E-state index contributed by atoms with van der Waals surface area (Å²) in [5.41, 5.74) is 13.8. The van der Waals surface area contributed by atoms with Crippen LogP contribution in [0.5, 0.6) is 23.0 Å². The minimum atomic E-state index is 0.273. The van der Waals surface area contributed by atoms with Crippen LogP contribution in [0.1, 0.15) is 78.6 Å². The number of para-hydroxylation sites is 2. The second kappa shape index (κ2) is 17.1. The van der Waals surface area contributed by atoms with Gasteiger partial charge in [0.25, 0.3) is 0 Å². The number of rotatable bonds is 10. The lowest BCUT2D eigenvalue weighted by molar-refractivity contribution is 0.404. The first-order valence-electron chi connectivity index (χ1n) is 20.8. The van der Waals surface area contributed by atoms with Gasteiger partial charge in [0.1, 0.15) is 23.0 Å². The average molecular weight is 791 g/mol. The summed E-state index contributed by atoms with van der Waals surface area (Å²) in [7, 11) is 3.40. The van der Waals surface area contributed by atoms with Crippen molar-refractivity contribution in [1.82, 2.24) is 0 Å². The number of phenolic OH excluding ortho intramolecular Hbond substituents is 2. The highest BCUT2D eigenvalue weighted by atomic mass is 16.5. The average Bonchev–Trinajstić information content (AvgIpc) is 4.02. The minimum absolute atomic E-state index is 0.273. The predicted octanol–water partition coefficient (Wildman–Crippen LogP) is 11.4. The van der Waals surface area contributed by atoms with E-state index in [2.05, 4.69) is 156 Å². The lowest BCUT2D eigenvalue weighted by Crippen LogP contribution is -2.07. The van der Waals surface area contributed by atoms with E-state index < -0.39 is 0 Å². The molecule has 0 aromatic heterocycles. The van der Waals surface area contributed by atoms with Crippen LogP contribution >= 0.6 is 0 Å². The topological polar surface area (TPSA) is 83.0 Å². The first-order valence-corrected chi connectivity index (χ1v) is 20.8. The van der Waals surface area contributed by atoms with Crippen LogP contribution in [-0.2, 0) is 38.8 Å². The molecule has 300 valence electrons. The lowest BCUT2D eigenvalue weighted by Gasteiger charge is -2.21. The molecule has 6 heteroatoms. The number of hydrogen-bond donors (Lipinski definition) is 4. The third-order valence-electron chi connectivity index (χ3n) is 12.0. The summed E-state index contributed by atoms with van der Waals surface area (Å²) in [5.74, 6) is 2.70. The van der Waals surface area contributed by atoms with E-state index in [9.17, 15) is 10.2 Å². The molecule has 8 bridgehead atoms. The second-order valence-electron chi connectivity index (χ2n) is 16.0. The van der Waals surface area contributed by atoms with Crippen LogP contribution < -0.4 is 20.1 Å². The van der Waals surface area contributed by atoms with E-state index in [1.807, 2.05) is 12.1 Å². The molecule has 0 saturated carbocycles. The molecule has 0 spiro atoms. The number of aromatic hydroxyl groups is 2. The summed E-state index contributed by atoms with van der Waals surface area (Å²) in [4.78, 5) is 0. The molecule has 9 rings (SSSR count). The van der Waals surface area contributed by atoms with E-state index in [0.29, 0.717) is 50.6 Å². The Bertz CT molecular complexity index is 2350. The monoisotopic (exact) mass is 790 g/mol.